The van der Waals surface area contributed by atoms with E-state index in [1.54, 1.807) is 0 Å². The molecule has 0 spiro atoms. The van der Waals surface area contributed by atoms with Crippen molar-refractivity contribution < 1.29 is 13.2 Å². The molecule has 0 bridgehead atoms. The van der Waals surface area contributed by atoms with E-state index in [9.17, 15) is 13.2 Å². The number of fused-ring (bicyclic) bond motifs is 4. The van der Waals surface area contributed by atoms with Crippen LogP contribution in [0.4, 0.5) is 13.2 Å². The van der Waals surface area contributed by atoms with Crippen LogP contribution in [0.25, 0.3) is 12.2 Å². The summed E-state index contributed by atoms with van der Waals surface area (Å²) in [7, 11) is 0. The van der Waals surface area contributed by atoms with Crippen LogP contribution in [0.2, 0.25) is 0 Å². The predicted octanol–water partition coefficient (Wildman–Crippen LogP) is 4.96. The molecule has 0 amide bonds. The molecule has 0 N–H and O–H groups in total. The lowest BCUT2D eigenvalue weighted by molar-refractivity contribution is -0.141. The van der Waals surface area contributed by atoms with Gasteiger partial charge in [-0.15, -0.1) is 0 Å². The monoisotopic (exact) mass is 434 g/mol. The molecule has 0 saturated heterocycles. The molecule has 0 fully saturated rings. The van der Waals surface area contributed by atoms with Crippen LogP contribution < -0.4 is 10.4 Å². The zero-order chi connectivity index (χ0) is 22.5. The summed E-state index contributed by atoms with van der Waals surface area (Å²) in [6, 6.07) is 11.1. The lowest BCUT2D eigenvalue weighted by Crippen LogP contribution is -2.24. The Labute approximate surface area is 184 Å². The first-order valence-corrected chi connectivity index (χ1v) is 11.1. The fourth-order valence-electron chi connectivity index (χ4n) is 5.06. The summed E-state index contributed by atoms with van der Waals surface area (Å²) in [6.07, 6.45) is 5.90. The average Bonchev–Trinajstić information content (AvgIpc) is 2.76. The SMILES string of the molecule is Cc1ccc2c(c1)=CC(CCc1cnc(C(F)(F)F)cn1)c1c3c(ccc1=2)=CC(C)CC3. The maximum absolute atomic E-state index is 12.8. The number of hydrogen-bond acceptors (Lipinski definition) is 2. The second kappa shape index (κ2) is 7.88. The maximum Gasteiger partial charge on any atom is 0.434 e. The molecule has 2 aliphatic rings. The Balaban J connectivity index is 1.57. The van der Waals surface area contributed by atoms with Crippen LogP contribution in [0.3, 0.4) is 0 Å². The summed E-state index contributed by atoms with van der Waals surface area (Å²) in [6.45, 7) is 4.35. The van der Waals surface area contributed by atoms with Crippen molar-refractivity contribution in [2.75, 3.05) is 0 Å². The Morgan fingerprint density at radius 2 is 1.78 bits per heavy atom. The van der Waals surface area contributed by atoms with E-state index in [0.29, 0.717) is 18.0 Å². The molecular formula is C27H25F3N2. The highest BCUT2D eigenvalue weighted by Crippen LogP contribution is 2.31. The lowest BCUT2D eigenvalue weighted by Gasteiger charge is -2.25. The van der Waals surface area contributed by atoms with E-state index < -0.39 is 11.9 Å². The van der Waals surface area contributed by atoms with Gasteiger partial charge in [0.2, 0.25) is 0 Å². The van der Waals surface area contributed by atoms with Gasteiger partial charge in [-0.25, -0.2) is 4.98 Å². The molecule has 5 rings (SSSR count). The lowest BCUT2D eigenvalue weighted by atomic mass is 9.79. The summed E-state index contributed by atoms with van der Waals surface area (Å²) < 4.78 is 38.4. The van der Waals surface area contributed by atoms with Gasteiger partial charge in [0.1, 0.15) is 0 Å². The van der Waals surface area contributed by atoms with E-state index in [1.807, 2.05) is 0 Å². The first-order valence-electron chi connectivity index (χ1n) is 11.1. The van der Waals surface area contributed by atoms with Crippen LogP contribution in [-0.2, 0) is 19.0 Å². The molecule has 5 heteroatoms. The van der Waals surface area contributed by atoms with Crippen LogP contribution in [0, 0.1) is 23.3 Å². The third-order valence-corrected chi connectivity index (χ3v) is 6.66. The van der Waals surface area contributed by atoms with Crippen LogP contribution >= 0.6 is 0 Å². The van der Waals surface area contributed by atoms with E-state index in [2.05, 4.69) is 66.3 Å². The standard InChI is InChI=1S/C27H25F3N2/c1-16-4-9-23-18(11-16)6-10-24-22-8-3-17(2)12-20(22)13-19(26(23)24)5-7-21-14-32-25(15-31-21)27(28,29)30/h3,6,8,10-16,19H,4-5,7,9H2,1-2H3. The number of alkyl halides is 3. The van der Waals surface area contributed by atoms with Crippen LogP contribution in [0.1, 0.15) is 53.8 Å². The summed E-state index contributed by atoms with van der Waals surface area (Å²) in [4.78, 5) is 7.62. The second-order valence-electron chi connectivity index (χ2n) is 9.07. The van der Waals surface area contributed by atoms with E-state index in [1.165, 1.54) is 43.8 Å². The molecule has 2 unspecified atom stereocenters. The molecule has 0 radical (unpaired) electrons. The number of aryl methyl sites for hydroxylation is 2. The Hall–Kier alpha value is -2.95. The summed E-state index contributed by atoms with van der Waals surface area (Å²) in [5.41, 5.74) is 3.66. The molecule has 2 nitrogen and oxygen atoms in total. The summed E-state index contributed by atoms with van der Waals surface area (Å²) >= 11 is 0. The van der Waals surface area contributed by atoms with Gasteiger partial charge >= 0.3 is 6.18 Å². The van der Waals surface area contributed by atoms with Gasteiger partial charge in [0.25, 0.3) is 0 Å². The molecule has 0 aliphatic heterocycles. The maximum atomic E-state index is 12.8. The van der Waals surface area contributed by atoms with Gasteiger partial charge in [0.05, 0.1) is 11.9 Å². The summed E-state index contributed by atoms with van der Waals surface area (Å²) in [5, 5.41) is 5.10. The molecule has 2 atom stereocenters. The number of benzene rings is 2. The normalized spacial score (nSPS) is 19.3. The van der Waals surface area contributed by atoms with Crippen molar-refractivity contribution in [3.05, 3.63) is 91.7 Å². The van der Waals surface area contributed by atoms with Gasteiger partial charge in [-0.2, -0.15) is 13.2 Å². The highest BCUT2D eigenvalue weighted by atomic mass is 19.4. The number of rotatable bonds is 3. The fourth-order valence-corrected chi connectivity index (χ4v) is 5.06. The molecule has 1 heterocycles. The first-order chi connectivity index (χ1) is 15.3. The number of nitrogens with zero attached hydrogens (tertiary/aromatic N) is 2. The topological polar surface area (TPSA) is 25.8 Å². The minimum absolute atomic E-state index is 0.195. The van der Waals surface area contributed by atoms with E-state index in [4.69, 9.17) is 0 Å². The summed E-state index contributed by atoms with van der Waals surface area (Å²) in [5.74, 6) is 0.768. The molecule has 32 heavy (non-hydrogen) atoms. The fraction of sp³-hybridized carbons (Fsp3) is 0.333. The Kier molecular flexibility index (Phi) is 5.15. The number of aromatic nitrogens is 2. The molecule has 3 aromatic rings. The van der Waals surface area contributed by atoms with E-state index in [0.717, 1.165) is 25.5 Å². The number of hydrogen-bond donors (Lipinski definition) is 0. The van der Waals surface area contributed by atoms with Gasteiger partial charge in [-0.3, -0.25) is 4.98 Å². The van der Waals surface area contributed by atoms with Gasteiger partial charge in [-0.05, 0) is 70.5 Å². The smallest absolute Gasteiger partial charge is 0.257 e. The van der Waals surface area contributed by atoms with Crippen molar-refractivity contribution in [1.82, 2.24) is 9.97 Å². The van der Waals surface area contributed by atoms with Gasteiger partial charge in [-0.1, -0.05) is 55.0 Å². The Morgan fingerprint density at radius 3 is 2.53 bits per heavy atom. The minimum Gasteiger partial charge on any atom is -0.257 e. The van der Waals surface area contributed by atoms with Crippen LogP contribution in [0.15, 0.2) is 42.7 Å². The minimum atomic E-state index is -4.46. The average molecular weight is 435 g/mol. The molecule has 164 valence electrons. The zero-order valence-corrected chi connectivity index (χ0v) is 18.2. The first kappa shape index (κ1) is 20.9. The second-order valence-corrected chi connectivity index (χ2v) is 9.07. The van der Waals surface area contributed by atoms with E-state index >= 15 is 0 Å². The highest BCUT2D eigenvalue weighted by molar-refractivity contribution is 5.52. The van der Waals surface area contributed by atoms with Crippen molar-refractivity contribution in [2.45, 2.75) is 51.6 Å². The molecule has 0 saturated carbocycles. The van der Waals surface area contributed by atoms with Crippen molar-refractivity contribution in [1.29, 1.82) is 0 Å². The Morgan fingerprint density at radius 1 is 0.969 bits per heavy atom. The molecular weight excluding hydrogens is 409 g/mol. The van der Waals surface area contributed by atoms with Crippen molar-refractivity contribution in [3.63, 3.8) is 0 Å². The Bertz CT molecular complexity index is 1390. The third-order valence-electron chi connectivity index (χ3n) is 6.66. The quantitative estimate of drug-likeness (QED) is 0.582. The molecule has 1 aromatic heterocycles. The van der Waals surface area contributed by atoms with Crippen LogP contribution in [0.5, 0.6) is 0 Å². The third kappa shape index (κ3) is 3.85. The highest BCUT2D eigenvalue weighted by Gasteiger charge is 2.32. The van der Waals surface area contributed by atoms with Gasteiger partial charge < -0.3 is 0 Å². The number of halogens is 3. The predicted molar refractivity (Wildman–Crippen MR) is 119 cm³/mol. The van der Waals surface area contributed by atoms with E-state index in [-0.39, 0.29) is 5.92 Å². The zero-order valence-electron chi connectivity index (χ0n) is 18.2. The van der Waals surface area contributed by atoms with Crippen molar-refractivity contribution in [2.24, 2.45) is 5.92 Å². The van der Waals surface area contributed by atoms with Crippen molar-refractivity contribution >= 4 is 12.2 Å². The van der Waals surface area contributed by atoms with Gasteiger partial charge in [0, 0.05) is 12.1 Å². The van der Waals surface area contributed by atoms with Crippen molar-refractivity contribution in [3.8, 4) is 0 Å². The molecule has 2 aliphatic carbocycles. The van der Waals surface area contributed by atoms with Gasteiger partial charge in [0.15, 0.2) is 5.69 Å². The molecule has 2 aromatic carbocycles. The van der Waals surface area contributed by atoms with Crippen LogP contribution in [-0.4, -0.2) is 9.97 Å². The largest absolute Gasteiger partial charge is 0.434 e.